The number of Topliss-reactive ketones (excluding diaryl/α,β-unsaturated/α-hetero) is 1. The number of para-hydroxylation sites is 1. The molecule has 2 bridgehead atoms. The number of hydrogen-bond acceptors (Lipinski definition) is 4. The van der Waals surface area contributed by atoms with Gasteiger partial charge in [-0.05, 0) is 37.1 Å². The highest BCUT2D eigenvalue weighted by Gasteiger charge is 2.35. The molecule has 0 radical (unpaired) electrons. The number of carbonyl (C=O) groups excluding carboxylic acids is 1. The number of carbonyl (C=O) groups is 1. The third kappa shape index (κ3) is 2.26. The number of rotatable bonds is 2. The van der Waals surface area contributed by atoms with Gasteiger partial charge in [-0.3, -0.25) is 4.79 Å². The van der Waals surface area contributed by atoms with Gasteiger partial charge >= 0.3 is 0 Å². The Kier molecular flexibility index (Phi) is 3.21. The lowest BCUT2D eigenvalue weighted by molar-refractivity contribution is 0.00953. The van der Waals surface area contributed by atoms with Crippen LogP contribution in [0.15, 0.2) is 46.9 Å². The number of furan rings is 1. The van der Waals surface area contributed by atoms with E-state index in [0.29, 0.717) is 25.3 Å². The fraction of sp³-hybridized carbons (Fsp3) is 0.350. The average Bonchev–Trinajstić information content (AvgIpc) is 2.98. The molecule has 5 rings (SSSR count). The summed E-state index contributed by atoms with van der Waals surface area (Å²) in [5.74, 6) is 0.335. The van der Waals surface area contributed by atoms with Gasteiger partial charge in [0.15, 0.2) is 5.78 Å². The second-order valence-corrected chi connectivity index (χ2v) is 6.94. The lowest BCUT2D eigenvalue weighted by Crippen LogP contribution is -2.55. The fourth-order valence-corrected chi connectivity index (χ4v) is 4.17. The normalized spacial score (nSPS) is 26.8. The van der Waals surface area contributed by atoms with Crippen LogP contribution in [0, 0.1) is 5.92 Å². The molecule has 2 unspecified atom stereocenters. The molecule has 4 heteroatoms. The van der Waals surface area contributed by atoms with Crippen molar-refractivity contribution in [2.24, 2.45) is 5.92 Å². The Morgan fingerprint density at radius 2 is 1.71 bits per heavy atom. The molecule has 0 saturated carbocycles. The zero-order chi connectivity index (χ0) is 16.1. The van der Waals surface area contributed by atoms with Crippen molar-refractivity contribution in [2.75, 3.05) is 13.2 Å². The summed E-state index contributed by atoms with van der Waals surface area (Å²) in [6, 6.07) is 14.4. The highest BCUT2D eigenvalue weighted by Crippen LogP contribution is 2.32. The van der Waals surface area contributed by atoms with Crippen LogP contribution in [-0.4, -0.2) is 31.1 Å². The van der Waals surface area contributed by atoms with E-state index in [1.807, 2.05) is 42.5 Å². The molecule has 0 amide bonds. The number of morpholine rings is 1. The van der Waals surface area contributed by atoms with Crippen molar-refractivity contribution in [3.05, 3.63) is 48.0 Å². The zero-order valence-corrected chi connectivity index (χ0v) is 13.3. The van der Waals surface area contributed by atoms with E-state index in [2.05, 4.69) is 5.32 Å². The third-order valence-electron chi connectivity index (χ3n) is 5.28. The Morgan fingerprint density at radius 3 is 2.54 bits per heavy atom. The van der Waals surface area contributed by atoms with Crippen LogP contribution < -0.4 is 5.32 Å². The first-order chi connectivity index (χ1) is 11.8. The molecule has 2 fully saturated rings. The quantitative estimate of drug-likeness (QED) is 0.734. The Balaban J connectivity index is 1.51. The van der Waals surface area contributed by atoms with Crippen LogP contribution in [0.2, 0.25) is 0 Å². The molecule has 2 aromatic carbocycles. The van der Waals surface area contributed by atoms with Gasteiger partial charge in [0, 0.05) is 34.3 Å². The predicted octanol–water partition coefficient (Wildman–Crippen LogP) is 3.54. The summed E-state index contributed by atoms with van der Waals surface area (Å²) in [6.45, 7) is 1.43. The Morgan fingerprint density at radius 1 is 0.958 bits per heavy atom. The second kappa shape index (κ2) is 5.43. The standard InChI is InChI=1S/C20H19NO3/c22-20(13-7-14-10-23-11-15(8-13)21-14)12-5-6-19-17(9-12)16-3-1-2-4-18(16)24-19/h1-6,9,13-15,21H,7-8,10-11H2. The average molecular weight is 321 g/mol. The molecule has 24 heavy (non-hydrogen) atoms. The summed E-state index contributed by atoms with van der Waals surface area (Å²) in [7, 11) is 0. The number of ketones is 1. The van der Waals surface area contributed by atoms with Gasteiger partial charge in [0.1, 0.15) is 11.2 Å². The van der Waals surface area contributed by atoms with E-state index in [4.69, 9.17) is 9.15 Å². The Labute approximate surface area is 139 Å². The van der Waals surface area contributed by atoms with Gasteiger partial charge in [-0.2, -0.15) is 0 Å². The fourth-order valence-electron chi connectivity index (χ4n) is 4.17. The maximum Gasteiger partial charge on any atom is 0.166 e. The van der Waals surface area contributed by atoms with Crippen molar-refractivity contribution >= 4 is 27.7 Å². The molecule has 1 N–H and O–H groups in total. The lowest BCUT2D eigenvalue weighted by atomic mass is 9.82. The molecule has 0 aliphatic carbocycles. The van der Waals surface area contributed by atoms with E-state index in [9.17, 15) is 4.79 Å². The molecular weight excluding hydrogens is 302 g/mol. The van der Waals surface area contributed by atoms with Gasteiger partial charge in [-0.15, -0.1) is 0 Å². The van der Waals surface area contributed by atoms with Crippen LogP contribution in [0.3, 0.4) is 0 Å². The topological polar surface area (TPSA) is 51.5 Å². The molecule has 2 saturated heterocycles. The van der Waals surface area contributed by atoms with E-state index < -0.39 is 0 Å². The van der Waals surface area contributed by atoms with Gasteiger partial charge in [-0.1, -0.05) is 18.2 Å². The zero-order valence-electron chi connectivity index (χ0n) is 13.3. The van der Waals surface area contributed by atoms with Gasteiger partial charge in [0.05, 0.1) is 13.2 Å². The second-order valence-electron chi connectivity index (χ2n) is 6.94. The maximum absolute atomic E-state index is 13.0. The van der Waals surface area contributed by atoms with Crippen LogP contribution in [0.4, 0.5) is 0 Å². The van der Waals surface area contributed by atoms with Crippen LogP contribution in [-0.2, 0) is 4.74 Å². The Hall–Kier alpha value is -2.17. The highest BCUT2D eigenvalue weighted by molar-refractivity contribution is 6.08. The van der Waals surface area contributed by atoms with Crippen LogP contribution in [0.25, 0.3) is 21.9 Å². The third-order valence-corrected chi connectivity index (χ3v) is 5.28. The van der Waals surface area contributed by atoms with Gasteiger partial charge in [0.25, 0.3) is 0 Å². The van der Waals surface area contributed by atoms with E-state index in [-0.39, 0.29) is 11.7 Å². The first kappa shape index (κ1) is 14.2. The number of hydrogen-bond donors (Lipinski definition) is 1. The van der Waals surface area contributed by atoms with Gasteiger partial charge in [-0.25, -0.2) is 0 Å². The monoisotopic (exact) mass is 321 g/mol. The summed E-state index contributed by atoms with van der Waals surface area (Å²) in [6.07, 6.45) is 1.72. The molecule has 122 valence electrons. The van der Waals surface area contributed by atoms with Crippen LogP contribution in [0.5, 0.6) is 0 Å². The molecule has 2 atom stereocenters. The highest BCUT2D eigenvalue weighted by atomic mass is 16.5. The van der Waals surface area contributed by atoms with Crippen molar-refractivity contribution < 1.29 is 13.9 Å². The first-order valence-electron chi connectivity index (χ1n) is 8.57. The number of piperidine rings is 1. The number of benzene rings is 2. The van der Waals surface area contributed by atoms with Crippen LogP contribution in [0.1, 0.15) is 23.2 Å². The number of ether oxygens (including phenoxy) is 1. The predicted molar refractivity (Wildman–Crippen MR) is 92.3 cm³/mol. The van der Waals surface area contributed by atoms with Crippen molar-refractivity contribution in [1.29, 1.82) is 0 Å². The van der Waals surface area contributed by atoms with Crippen molar-refractivity contribution in [1.82, 2.24) is 5.32 Å². The molecule has 3 aromatic rings. The molecule has 2 aliphatic heterocycles. The van der Waals surface area contributed by atoms with E-state index in [0.717, 1.165) is 40.3 Å². The lowest BCUT2D eigenvalue weighted by Gasteiger charge is -2.39. The van der Waals surface area contributed by atoms with Gasteiger partial charge in [0.2, 0.25) is 0 Å². The van der Waals surface area contributed by atoms with E-state index in [1.165, 1.54) is 0 Å². The molecule has 1 aromatic heterocycles. The maximum atomic E-state index is 13.0. The smallest absolute Gasteiger partial charge is 0.166 e. The minimum atomic E-state index is 0.0840. The van der Waals surface area contributed by atoms with Crippen LogP contribution >= 0.6 is 0 Å². The molecule has 0 spiro atoms. The molecule has 4 nitrogen and oxygen atoms in total. The Bertz CT molecular complexity index is 917. The van der Waals surface area contributed by atoms with E-state index >= 15 is 0 Å². The summed E-state index contributed by atoms with van der Waals surface area (Å²) in [4.78, 5) is 13.0. The molecular formula is C20H19NO3. The van der Waals surface area contributed by atoms with Crippen molar-refractivity contribution in [3.8, 4) is 0 Å². The number of nitrogens with one attached hydrogen (secondary N) is 1. The van der Waals surface area contributed by atoms with Crippen molar-refractivity contribution in [2.45, 2.75) is 24.9 Å². The summed E-state index contributed by atoms with van der Waals surface area (Å²) >= 11 is 0. The summed E-state index contributed by atoms with van der Waals surface area (Å²) < 4.78 is 11.4. The number of fused-ring (bicyclic) bond motifs is 5. The summed E-state index contributed by atoms with van der Waals surface area (Å²) in [5.41, 5.74) is 2.49. The van der Waals surface area contributed by atoms with Gasteiger partial charge < -0.3 is 14.5 Å². The van der Waals surface area contributed by atoms with Crippen molar-refractivity contribution in [3.63, 3.8) is 0 Å². The van der Waals surface area contributed by atoms with E-state index in [1.54, 1.807) is 0 Å². The molecule has 2 aliphatic rings. The molecule has 3 heterocycles. The minimum absolute atomic E-state index is 0.0840. The first-order valence-corrected chi connectivity index (χ1v) is 8.57. The minimum Gasteiger partial charge on any atom is -0.456 e. The largest absolute Gasteiger partial charge is 0.456 e. The summed E-state index contributed by atoms with van der Waals surface area (Å²) in [5, 5.41) is 5.64. The SMILES string of the molecule is O=C(c1ccc2oc3ccccc3c2c1)C1CC2COCC(C1)N2.